The van der Waals surface area contributed by atoms with Crippen molar-refractivity contribution in [3.63, 3.8) is 0 Å². The van der Waals surface area contributed by atoms with Gasteiger partial charge < -0.3 is 5.11 Å². The molecular weight excluding hydrogens is 182 g/mol. The Morgan fingerprint density at radius 2 is 1.55 bits per heavy atom. The molecule has 3 nitrogen and oxygen atoms in total. The van der Waals surface area contributed by atoms with E-state index >= 15 is 0 Å². The molecule has 0 amide bonds. The van der Waals surface area contributed by atoms with E-state index in [0.717, 1.165) is 12.8 Å². The predicted molar refractivity (Wildman–Crippen MR) is 51.3 cm³/mol. The van der Waals surface area contributed by atoms with Crippen LogP contribution in [0.5, 0.6) is 0 Å². The van der Waals surface area contributed by atoms with Crippen molar-refractivity contribution < 1.29 is 14.2 Å². The topological polar surface area (TPSA) is 54.4 Å². The van der Waals surface area contributed by atoms with Crippen molar-refractivity contribution in [2.24, 2.45) is 0 Å². The van der Waals surface area contributed by atoms with Crippen LogP contribution in [0.3, 0.4) is 0 Å². The van der Waals surface area contributed by atoms with Crippen LogP contribution in [0, 0.1) is 0 Å². The van der Waals surface area contributed by atoms with E-state index in [4.69, 9.17) is 14.2 Å². The molecule has 0 aromatic heterocycles. The van der Waals surface area contributed by atoms with Gasteiger partial charge in [-0.05, 0) is 13.3 Å². The molecule has 0 rings (SSSR count). The summed E-state index contributed by atoms with van der Waals surface area (Å²) in [6.07, 6.45) is 1.91. The Labute approximate surface area is 73.4 Å². The van der Waals surface area contributed by atoms with Crippen LogP contribution >= 0.6 is 18.2 Å². The summed E-state index contributed by atoms with van der Waals surface area (Å²) in [6.45, 7) is 3.87. The fourth-order valence-corrected chi connectivity index (χ4v) is 0.418. The molecule has 0 saturated carbocycles. The van der Waals surface area contributed by atoms with Gasteiger partial charge in [-0.3, -0.25) is 9.13 Å². The molecule has 0 bridgehead atoms. The summed E-state index contributed by atoms with van der Waals surface area (Å²) in [4.78, 5) is 0. The van der Waals surface area contributed by atoms with Crippen molar-refractivity contribution in [3.05, 3.63) is 0 Å². The molecule has 1 unspecified atom stereocenters. The molecule has 5 heteroatoms. The normalized spacial score (nSPS) is 8.64. The van der Waals surface area contributed by atoms with Crippen LogP contribution < -0.4 is 0 Å². The number of aliphatic hydroxyl groups excluding tert-OH is 1. The van der Waals surface area contributed by atoms with E-state index in [9.17, 15) is 0 Å². The first-order chi connectivity index (χ1) is 4.77. The van der Waals surface area contributed by atoms with Crippen LogP contribution in [0.15, 0.2) is 0 Å². The van der Waals surface area contributed by atoms with Crippen molar-refractivity contribution in [1.29, 1.82) is 0 Å². The second-order valence-electron chi connectivity index (χ2n) is 1.64. The Morgan fingerprint density at radius 3 is 1.55 bits per heavy atom. The molecule has 1 atom stereocenters. The second kappa shape index (κ2) is 32.0. The van der Waals surface area contributed by atoms with E-state index in [1.807, 2.05) is 6.92 Å². The Balaban J connectivity index is -0.0000000428. The maximum Gasteiger partial charge on any atom is 0.138 e. The largest absolute Gasteiger partial charge is 0.393 e. The van der Waals surface area contributed by atoms with Gasteiger partial charge in [0.2, 0.25) is 0 Å². The number of rotatable bonds is 2. The van der Waals surface area contributed by atoms with Gasteiger partial charge in [0.05, 0.1) is 6.10 Å². The molecule has 0 fully saturated rings. The molecule has 0 aromatic carbocycles. The van der Waals surface area contributed by atoms with E-state index in [2.05, 4.69) is 6.92 Å². The molecule has 0 aliphatic heterocycles. The summed E-state index contributed by atoms with van der Waals surface area (Å²) in [5, 5.41) is 8.55. The van der Waals surface area contributed by atoms with E-state index in [1.165, 1.54) is 0 Å². The molecule has 0 spiro atoms. The average molecular weight is 200 g/mol. The van der Waals surface area contributed by atoms with Crippen LogP contribution in [0.1, 0.15) is 34.1 Å². The quantitative estimate of drug-likeness (QED) is 0.697. The third-order valence-electron chi connectivity index (χ3n) is 0.706. The predicted octanol–water partition coefficient (Wildman–Crippen LogP) is 2.75. The minimum atomic E-state index is -0.102. The van der Waals surface area contributed by atoms with Crippen molar-refractivity contribution in [2.45, 2.75) is 40.2 Å². The first-order valence-corrected chi connectivity index (χ1v) is 3.68. The number of hydrogen-bond donors (Lipinski definition) is 1. The highest BCUT2D eigenvalue weighted by molar-refractivity contribution is 7.00. The third-order valence-corrected chi connectivity index (χ3v) is 0.706. The summed E-state index contributed by atoms with van der Waals surface area (Å²) in [5.74, 6) is 0. The van der Waals surface area contributed by atoms with E-state index in [1.54, 1.807) is 18.2 Å². The lowest BCUT2D eigenvalue weighted by atomic mass is 10.2. The zero-order chi connectivity index (χ0) is 8.99. The minimum Gasteiger partial charge on any atom is -0.393 e. The fourth-order valence-electron chi connectivity index (χ4n) is 0.418. The highest BCUT2D eigenvalue weighted by Crippen LogP contribution is 1.91. The Kier molecular flexibility index (Phi) is 65.4. The van der Waals surface area contributed by atoms with Crippen molar-refractivity contribution >= 4 is 18.2 Å². The maximum absolute atomic E-state index is 8.55. The van der Waals surface area contributed by atoms with Crippen LogP contribution in [0.4, 0.5) is 0 Å². The van der Waals surface area contributed by atoms with Crippen LogP contribution in [0.2, 0.25) is 0 Å². The first-order valence-electron chi connectivity index (χ1n) is 2.86. The number of hydrogen-bond acceptors (Lipinski definition) is 3. The molecular formula is C6H18O3P2. The molecule has 0 radical (unpaired) electrons. The Bertz CT molecular complexity index is 51.1. The highest BCUT2D eigenvalue weighted by atomic mass is 31.0. The van der Waals surface area contributed by atoms with Crippen molar-refractivity contribution in [2.75, 3.05) is 0 Å². The van der Waals surface area contributed by atoms with Crippen molar-refractivity contribution in [3.8, 4) is 0 Å². The van der Waals surface area contributed by atoms with Gasteiger partial charge in [-0.1, -0.05) is 20.8 Å². The van der Waals surface area contributed by atoms with Crippen LogP contribution in [-0.4, -0.2) is 11.2 Å². The lowest BCUT2D eigenvalue weighted by Crippen LogP contribution is -1.95. The standard InChI is InChI=1S/C5H12O.CH4.2HOP/c1-3-4-5(2)6;;2*1-2/h5-6H,3-4H2,1-2H3;1H4;2*2H. The molecule has 0 aromatic rings. The summed E-state index contributed by atoms with van der Waals surface area (Å²) < 4.78 is 16.1. The second-order valence-corrected chi connectivity index (χ2v) is 1.64. The van der Waals surface area contributed by atoms with E-state index < -0.39 is 0 Å². The SMILES string of the molecule is C.CCCC(C)O.O=P.O=P. The third kappa shape index (κ3) is 67.7. The van der Waals surface area contributed by atoms with Crippen LogP contribution in [-0.2, 0) is 9.13 Å². The highest BCUT2D eigenvalue weighted by Gasteiger charge is 1.87. The zero-order valence-electron chi connectivity index (χ0n) is 6.26. The van der Waals surface area contributed by atoms with Gasteiger partial charge in [0.15, 0.2) is 0 Å². The summed E-state index contributed by atoms with van der Waals surface area (Å²) in [7, 11) is 3.44. The van der Waals surface area contributed by atoms with Crippen LogP contribution in [0.25, 0.3) is 0 Å². The summed E-state index contributed by atoms with van der Waals surface area (Å²) >= 11 is 0. The van der Waals surface area contributed by atoms with E-state index in [-0.39, 0.29) is 13.5 Å². The molecule has 1 N–H and O–H groups in total. The average Bonchev–Trinajstić information content (AvgIpc) is 1.96. The summed E-state index contributed by atoms with van der Waals surface area (Å²) in [5.41, 5.74) is 0. The Morgan fingerprint density at radius 1 is 1.27 bits per heavy atom. The lowest BCUT2D eigenvalue weighted by Gasteiger charge is -1.95. The van der Waals surface area contributed by atoms with E-state index in [0.29, 0.717) is 0 Å². The monoisotopic (exact) mass is 200 g/mol. The molecule has 0 heterocycles. The maximum atomic E-state index is 8.55. The molecule has 11 heavy (non-hydrogen) atoms. The summed E-state index contributed by atoms with van der Waals surface area (Å²) in [6, 6.07) is 0. The minimum absolute atomic E-state index is 0. The zero-order valence-corrected chi connectivity index (χ0v) is 8.26. The fraction of sp³-hybridized carbons (Fsp3) is 1.00. The van der Waals surface area contributed by atoms with Gasteiger partial charge in [-0.25, -0.2) is 0 Å². The van der Waals surface area contributed by atoms with Gasteiger partial charge in [-0.15, -0.1) is 0 Å². The van der Waals surface area contributed by atoms with Gasteiger partial charge in [0, 0.05) is 0 Å². The Hall–Kier alpha value is 0.160. The smallest absolute Gasteiger partial charge is 0.138 e. The van der Waals surface area contributed by atoms with Gasteiger partial charge >= 0.3 is 0 Å². The molecule has 0 aliphatic rings. The first kappa shape index (κ1) is 22.5. The van der Waals surface area contributed by atoms with Gasteiger partial charge in [0.1, 0.15) is 18.2 Å². The molecule has 0 aliphatic carbocycles. The van der Waals surface area contributed by atoms with Gasteiger partial charge in [0.25, 0.3) is 0 Å². The van der Waals surface area contributed by atoms with Gasteiger partial charge in [-0.2, -0.15) is 0 Å². The van der Waals surface area contributed by atoms with Crippen molar-refractivity contribution in [1.82, 2.24) is 0 Å². The lowest BCUT2D eigenvalue weighted by molar-refractivity contribution is 0.183. The number of aliphatic hydroxyl groups is 1. The molecule has 70 valence electrons. The molecule has 0 saturated heterocycles.